The third kappa shape index (κ3) is 6.37. The summed E-state index contributed by atoms with van der Waals surface area (Å²) < 4.78 is 34.5. The predicted octanol–water partition coefficient (Wildman–Crippen LogP) is 5.68. The van der Waals surface area contributed by atoms with Crippen LogP contribution in [0.3, 0.4) is 0 Å². The van der Waals surface area contributed by atoms with E-state index in [9.17, 15) is 8.42 Å². The van der Waals surface area contributed by atoms with E-state index < -0.39 is 10.0 Å². The Hall–Kier alpha value is -2.55. The van der Waals surface area contributed by atoms with Crippen LogP contribution in [0, 0.1) is 0 Å². The number of hydrogen-bond acceptors (Lipinski definition) is 5. The van der Waals surface area contributed by atoms with Crippen molar-refractivity contribution in [2.24, 2.45) is 0 Å². The molecule has 0 aliphatic rings. The molecule has 0 aliphatic carbocycles. The molecule has 0 radical (unpaired) electrons. The maximum absolute atomic E-state index is 13.4. The Kier molecular flexibility index (Phi) is 9.21. The Morgan fingerprint density at radius 2 is 1.60 bits per heavy atom. The monoisotopic (exact) mass is 500 g/mol. The first-order valence-electron chi connectivity index (χ1n) is 12.4. The van der Waals surface area contributed by atoms with Gasteiger partial charge < -0.3 is 19.5 Å². The van der Waals surface area contributed by atoms with Crippen LogP contribution < -0.4 is 9.64 Å². The van der Waals surface area contributed by atoms with E-state index >= 15 is 0 Å². The normalized spacial score (nSPS) is 12.1. The molecule has 3 aromatic rings. The molecule has 7 nitrogen and oxygen atoms in total. The average molecular weight is 501 g/mol. The molecule has 3 rings (SSSR count). The lowest BCUT2D eigenvalue weighted by molar-refractivity contribution is 0.400. The van der Waals surface area contributed by atoms with E-state index in [0.29, 0.717) is 18.0 Å². The molecular formula is C27H40N4O3S. The molecular weight excluding hydrogens is 460 g/mol. The van der Waals surface area contributed by atoms with Crippen molar-refractivity contribution < 1.29 is 13.2 Å². The zero-order chi connectivity index (χ0) is 25.6. The number of aromatic nitrogens is 1. The van der Waals surface area contributed by atoms with E-state index in [1.54, 1.807) is 14.1 Å². The van der Waals surface area contributed by atoms with Gasteiger partial charge in [-0.1, -0.05) is 32.8 Å². The number of H-pyrrole nitrogens is 1. The minimum atomic E-state index is -3.74. The maximum Gasteiger partial charge on any atom is 0.246 e. The lowest BCUT2D eigenvalue weighted by atomic mass is 10.1. The second-order valence-corrected chi connectivity index (χ2v) is 11.6. The van der Waals surface area contributed by atoms with E-state index in [2.05, 4.69) is 28.6 Å². The van der Waals surface area contributed by atoms with E-state index in [0.717, 1.165) is 60.9 Å². The largest absolute Gasteiger partial charge is 0.455 e. The van der Waals surface area contributed by atoms with Gasteiger partial charge in [0.05, 0.1) is 0 Å². The lowest BCUT2D eigenvalue weighted by Crippen LogP contribution is -2.28. The van der Waals surface area contributed by atoms with Gasteiger partial charge in [0.25, 0.3) is 0 Å². The molecule has 8 heteroatoms. The van der Waals surface area contributed by atoms with Crippen LogP contribution in [0.4, 0.5) is 5.69 Å². The fourth-order valence-electron chi connectivity index (χ4n) is 4.15. The molecule has 0 amide bonds. The number of unbranched alkanes of at least 4 members (excludes halogenated alkanes) is 2. The number of fused-ring (bicyclic) bond motifs is 1. The van der Waals surface area contributed by atoms with Crippen LogP contribution in [-0.2, 0) is 16.6 Å². The molecule has 0 atom stereocenters. The summed E-state index contributed by atoms with van der Waals surface area (Å²) in [5.41, 5.74) is 2.96. The van der Waals surface area contributed by atoms with Gasteiger partial charge in [-0.15, -0.1) is 0 Å². The van der Waals surface area contributed by atoms with Crippen molar-refractivity contribution >= 4 is 26.6 Å². The minimum absolute atomic E-state index is 0.182. The topological polar surface area (TPSA) is 68.9 Å². The lowest BCUT2D eigenvalue weighted by Gasteiger charge is -2.30. The highest BCUT2D eigenvalue weighted by Gasteiger charge is 2.27. The van der Waals surface area contributed by atoms with E-state index in [1.807, 2.05) is 56.7 Å². The number of nitrogens with zero attached hydrogens (tertiary/aromatic N) is 3. The highest BCUT2D eigenvalue weighted by molar-refractivity contribution is 7.89. The number of benzene rings is 2. The fraction of sp³-hybridized carbons (Fsp3) is 0.481. The first kappa shape index (κ1) is 27.0. The van der Waals surface area contributed by atoms with Gasteiger partial charge in [0, 0.05) is 62.6 Å². The number of rotatable bonds is 13. The highest BCUT2D eigenvalue weighted by atomic mass is 32.2. The van der Waals surface area contributed by atoms with Crippen LogP contribution >= 0.6 is 0 Å². The summed E-state index contributed by atoms with van der Waals surface area (Å²) in [5, 5.41) is 0.911. The average Bonchev–Trinajstić information content (AvgIpc) is 3.29. The summed E-state index contributed by atoms with van der Waals surface area (Å²) >= 11 is 0. The predicted molar refractivity (Wildman–Crippen MR) is 145 cm³/mol. The SMILES string of the molecule is CCCCN(CCCC)c1cc(Oc2cccc3[nH]ccc23)c(S(=O)(=O)N(C)C)cc1CN(C)C. The first-order valence-corrected chi connectivity index (χ1v) is 13.9. The molecule has 0 aliphatic heterocycles. The minimum Gasteiger partial charge on any atom is -0.455 e. The van der Waals surface area contributed by atoms with Crippen LogP contribution in [0.1, 0.15) is 45.1 Å². The summed E-state index contributed by atoms with van der Waals surface area (Å²) in [6.45, 7) is 6.86. The summed E-state index contributed by atoms with van der Waals surface area (Å²) in [7, 11) is 3.38. The zero-order valence-corrected chi connectivity index (χ0v) is 22.8. The third-order valence-electron chi connectivity index (χ3n) is 6.07. The van der Waals surface area contributed by atoms with Gasteiger partial charge in [-0.25, -0.2) is 12.7 Å². The summed E-state index contributed by atoms with van der Waals surface area (Å²) in [5.74, 6) is 0.974. The van der Waals surface area contributed by atoms with Gasteiger partial charge in [0.15, 0.2) is 0 Å². The first-order chi connectivity index (χ1) is 16.7. The van der Waals surface area contributed by atoms with Crippen LogP contribution in [-0.4, -0.2) is 63.9 Å². The van der Waals surface area contributed by atoms with Crippen molar-refractivity contribution in [3.8, 4) is 11.5 Å². The number of aromatic amines is 1. The van der Waals surface area contributed by atoms with Crippen molar-refractivity contribution in [1.82, 2.24) is 14.2 Å². The number of nitrogens with one attached hydrogen (secondary N) is 1. The summed E-state index contributed by atoms with van der Waals surface area (Å²) in [6, 6.07) is 11.4. The molecule has 0 spiro atoms. The van der Waals surface area contributed by atoms with Gasteiger partial charge in [-0.3, -0.25) is 0 Å². The van der Waals surface area contributed by atoms with Crippen molar-refractivity contribution in [2.75, 3.05) is 46.2 Å². The van der Waals surface area contributed by atoms with Crippen LogP contribution in [0.15, 0.2) is 47.5 Å². The van der Waals surface area contributed by atoms with Crippen molar-refractivity contribution in [3.05, 3.63) is 48.2 Å². The van der Waals surface area contributed by atoms with Crippen molar-refractivity contribution in [3.63, 3.8) is 0 Å². The van der Waals surface area contributed by atoms with Gasteiger partial charge in [0.2, 0.25) is 10.0 Å². The van der Waals surface area contributed by atoms with Crippen LogP contribution in [0.25, 0.3) is 10.9 Å². The molecule has 2 aromatic carbocycles. The second-order valence-electron chi connectivity index (χ2n) is 9.44. The quantitative estimate of drug-likeness (QED) is 0.327. The standard InChI is InChI=1S/C27H40N4O3S/c1-7-9-16-31(17-10-8-2)24-19-26(34-25-13-11-12-23-22(25)14-15-28-23)27(35(32,33)30(5)6)18-21(24)20-29(3)4/h11-15,18-19,28H,7-10,16-17,20H2,1-6H3. The molecule has 1 aromatic heterocycles. The Balaban J connectivity index is 2.23. The van der Waals surface area contributed by atoms with Crippen molar-refractivity contribution in [1.29, 1.82) is 0 Å². The molecule has 35 heavy (non-hydrogen) atoms. The summed E-state index contributed by atoms with van der Waals surface area (Å²) in [6.07, 6.45) is 6.19. The molecule has 0 unspecified atom stereocenters. The van der Waals surface area contributed by atoms with Gasteiger partial charge in [-0.05, 0) is 56.8 Å². The van der Waals surface area contributed by atoms with E-state index in [1.165, 1.54) is 4.31 Å². The van der Waals surface area contributed by atoms with E-state index in [4.69, 9.17) is 4.74 Å². The van der Waals surface area contributed by atoms with Gasteiger partial charge in [-0.2, -0.15) is 0 Å². The Labute approximate surface area is 210 Å². The number of anilines is 1. The maximum atomic E-state index is 13.4. The van der Waals surface area contributed by atoms with Gasteiger partial charge >= 0.3 is 0 Å². The molecule has 1 N–H and O–H groups in total. The zero-order valence-electron chi connectivity index (χ0n) is 22.0. The number of sulfonamides is 1. The molecule has 0 bridgehead atoms. The summed E-state index contributed by atoms with van der Waals surface area (Å²) in [4.78, 5) is 7.84. The van der Waals surface area contributed by atoms with Crippen molar-refractivity contribution in [2.45, 2.75) is 51.0 Å². The molecule has 192 valence electrons. The number of ether oxygens (including phenoxy) is 1. The highest BCUT2D eigenvalue weighted by Crippen LogP contribution is 2.39. The van der Waals surface area contributed by atoms with E-state index in [-0.39, 0.29) is 4.90 Å². The van der Waals surface area contributed by atoms with Gasteiger partial charge in [0.1, 0.15) is 16.4 Å². The fourth-order valence-corrected chi connectivity index (χ4v) is 5.19. The Morgan fingerprint density at radius 3 is 2.20 bits per heavy atom. The number of hydrogen-bond donors (Lipinski definition) is 1. The molecule has 0 saturated heterocycles. The third-order valence-corrected chi connectivity index (χ3v) is 7.91. The molecule has 0 fully saturated rings. The molecule has 1 heterocycles. The molecule has 0 saturated carbocycles. The second kappa shape index (κ2) is 11.9. The van der Waals surface area contributed by atoms with Crippen LogP contribution in [0.2, 0.25) is 0 Å². The van der Waals surface area contributed by atoms with Crippen LogP contribution in [0.5, 0.6) is 11.5 Å². The smallest absolute Gasteiger partial charge is 0.246 e. The Morgan fingerprint density at radius 1 is 0.914 bits per heavy atom. The Bertz CT molecular complexity index is 1210.